The van der Waals surface area contributed by atoms with E-state index in [0.29, 0.717) is 43.6 Å². The second kappa shape index (κ2) is 6.69. The van der Waals surface area contributed by atoms with Crippen molar-refractivity contribution in [3.63, 3.8) is 0 Å². The molecule has 3 N–H and O–H groups in total. The number of nitrogens with two attached hydrogens (primary N) is 1. The Bertz CT molecular complexity index is 1100. The first-order chi connectivity index (χ1) is 13.7. The second-order valence-electron chi connectivity index (χ2n) is 6.99. The molecule has 5 rings (SSSR count). The van der Waals surface area contributed by atoms with Gasteiger partial charge in [-0.05, 0) is 24.3 Å². The summed E-state index contributed by atoms with van der Waals surface area (Å²) in [7, 11) is 0. The Morgan fingerprint density at radius 2 is 1.93 bits per heavy atom. The predicted octanol–water partition coefficient (Wildman–Crippen LogP) is 2.55. The summed E-state index contributed by atoms with van der Waals surface area (Å²) in [4.78, 5) is 22.0. The van der Waals surface area contributed by atoms with Crippen molar-refractivity contribution in [3.05, 3.63) is 63.9 Å². The number of aromatic nitrogens is 2. The number of para-hydroxylation sites is 1. The number of H-pyrrole nitrogens is 1. The van der Waals surface area contributed by atoms with Gasteiger partial charge in [0.25, 0.3) is 5.56 Å². The van der Waals surface area contributed by atoms with Gasteiger partial charge in [-0.3, -0.25) is 4.79 Å². The minimum atomic E-state index is -0.187. The molecule has 0 amide bonds. The molecule has 3 heterocycles. The highest BCUT2D eigenvalue weighted by Gasteiger charge is 2.22. The molecule has 0 aliphatic carbocycles. The van der Waals surface area contributed by atoms with Crippen molar-refractivity contribution in [2.24, 2.45) is 0 Å². The van der Waals surface area contributed by atoms with Gasteiger partial charge in [0, 0.05) is 42.4 Å². The highest BCUT2D eigenvalue weighted by atomic mass is 16.5. The van der Waals surface area contributed by atoms with E-state index in [1.54, 1.807) is 0 Å². The summed E-state index contributed by atoms with van der Waals surface area (Å²) in [5.74, 6) is 2.66. The van der Waals surface area contributed by atoms with Crippen LogP contribution in [0, 0.1) is 0 Å². The fourth-order valence-corrected chi connectivity index (χ4v) is 3.71. The first-order valence-corrected chi connectivity index (χ1v) is 9.30. The van der Waals surface area contributed by atoms with Crippen molar-refractivity contribution in [2.75, 3.05) is 36.9 Å². The molecular weight excluding hydrogens is 356 g/mol. The molecule has 0 bridgehead atoms. The molecule has 2 aromatic carbocycles. The Morgan fingerprint density at radius 3 is 2.79 bits per heavy atom. The first kappa shape index (κ1) is 16.8. The van der Waals surface area contributed by atoms with Gasteiger partial charge in [0.05, 0.1) is 18.8 Å². The van der Waals surface area contributed by atoms with Crippen LogP contribution in [-0.4, -0.2) is 36.3 Å². The standard InChI is InChI=1S/C21H20N4O3/c22-15-4-5-17-14(11-15)10-13-2-1-3-16(20(13)28-17)21-23-18(12-19(26)24-21)25-6-8-27-9-7-25/h1-5,11-12H,6-10,22H2,(H,23,24,26). The smallest absolute Gasteiger partial charge is 0.253 e. The zero-order chi connectivity index (χ0) is 19.1. The van der Waals surface area contributed by atoms with Crippen LogP contribution in [0.2, 0.25) is 0 Å². The van der Waals surface area contributed by atoms with E-state index in [-0.39, 0.29) is 5.56 Å². The second-order valence-corrected chi connectivity index (χ2v) is 6.99. The highest BCUT2D eigenvalue weighted by Crippen LogP contribution is 2.42. The highest BCUT2D eigenvalue weighted by molar-refractivity contribution is 5.71. The van der Waals surface area contributed by atoms with E-state index >= 15 is 0 Å². The van der Waals surface area contributed by atoms with Crippen LogP contribution in [0.25, 0.3) is 11.4 Å². The third-order valence-corrected chi connectivity index (χ3v) is 5.09. The van der Waals surface area contributed by atoms with Gasteiger partial charge in [0.2, 0.25) is 0 Å². The topological polar surface area (TPSA) is 93.5 Å². The number of ether oxygens (including phenoxy) is 2. The summed E-state index contributed by atoms with van der Waals surface area (Å²) < 4.78 is 11.6. The molecule has 7 heteroatoms. The van der Waals surface area contributed by atoms with Gasteiger partial charge < -0.3 is 25.1 Å². The summed E-state index contributed by atoms with van der Waals surface area (Å²) in [5, 5.41) is 0. The van der Waals surface area contributed by atoms with Crippen molar-refractivity contribution in [2.45, 2.75) is 6.42 Å². The average Bonchev–Trinajstić information content (AvgIpc) is 2.72. The zero-order valence-corrected chi connectivity index (χ0v) is 15.3. The number of rotatable bonds is 2. The average molecular weight is 376 g/mol. The molecule has 7 nitrogen and oxygen atoms in total. The molecule has 0 spiro atoms. The number of benzene rings is 2. The number of hydrogen-bond donors (Lipinski definition) is 2. The van der Waals surface area contributed by atoms with Crippen molar-refractivity contribution in [3.8, 4) is 22.9 Å². The lowest BCUT2D eigenvalue weighted by atomic mass is 9.97. The Morgan fingerprint density at radius 1 is 1.07 bits per heavy atom. The maximum absolute atomic E-state index is 12.3. The fourth-order valence-electron chi connectivity index (χ4n) is 3.71. The normalized spacial score (nSPS) is 15.5. The van der Waals surface area contributed by atoms with E-state index in [4.69, 9.17) is 20.2 Å². The van der Waals surface area contributed by atoms with Crippen molar-refractivity contribution in [1.29, 1.82) is 0 Å². The predicted molar refractivity (Wildman–Crippen MR) is 107 cm³/mol. The fraction of sp³-hybridized carbons (Fsp3) is 0.238. The quantitative estimate of drug-likeness (QED) is 0.522. The van der Waals surface area contributed by atoms with Crippen LogP contribution in [0.15, 0.2) is 47.3 Å². The van der Waals surface area contributed by atoms with Gasteiger partial charge >= 0.3 is 0 Å². The molecule has 28 heavy (non-hydrogen) atoms. The van der Waals surface area contributed by atoms with Crippen molar-refractivity contribution in [1.82, 2.24) is 9.97 Å². The molecule has 1 saturated heterocycles. The van der Waals surface area contributed by atoms with E-state index in [9.17, 15) is 4.79 Å². The van der Waals surface area contributed by atoms with E-state index in [1.165, 1.54) is 6.07 Å². The largest absolute Gasteiger partial charge is 0.456 e. The van der Waals surface area contributed by atoms with Crippen molar-refractivity contribution < 1.29 is 9.47 Å². The van der Waals surface area contributed by atoms with E-state index in [0.717, 1.165) is 34.6 Å². The minimum Gasteiger partial charge on any atom is -0.456 e. The SMILES string of the molecule is Nc1ccc2c(c1)Cc1cccc(-c3nc(N4CCOCC4)cc(=O)[nH]3)c1O2. The van der Waals surface area contributed by atoms with Gasteiger partial charge in [0.1, 0.15) is 23.1 Å². The molecule has 1 aromatic heterocycles. The van der Waals surface area contributed by atoms with Gasteiger partial charge in [-0.1, -0.05) is 12.1 Å². The van der Waals surface area contributed by atoms with Gasteiger partial charge in [-0.25, -0.2) is 4.98 Å². The Kier molecular flexibility index (Phi) is 4.02. The first-order valence-electron chi connectivity index (χ1n) is 9.30. The number of nitrogens with one attached hydrogen (secondary N) is 1. The summed E-state index contributed by atoms with van der Waals surface area (Å²) in [6.07, 6.45) is 0.719. The van der Waals surface area contributed by atoms with E-state index in [2.05, 4.69) is 9.88 Å². The van der Waals surface area contributed by atoms with Crippen LogP contribution < -0.4 is 20.9 Å². The summed E-state index contributed by atoms with van der Waals surface area (Å²) in [6.45, 7) is 2.70. The Hall–Kier alpha value is -3.32. The van der Waals surface area contributed by atoms with Crippen LogP contribution in [0.4, 0.5) is 11.5 Å². The van der Waals surface area contributed by atoms with Crippen LogP contribution in [0.3, 0.4) is 0 Å². The molecule has 0 saturated carbocycles. The van der Waals surface area contributed by atoms with Crippen LogP contribution in [0.1, 0.15) is 11.1 Å². The van der Waals surface area contributed by atoms with Crippen LogP contribution in [0.5, 0.6) is 11.5 Å². The molecule has 1 fully saturated rings. The molecule has 2 aliphatic rings. The van der Waals surface area contributed by atoms with Crippen LogP contribution >= 0.6 is 0 Å². The maximum Gasteiger partial charge on any atom is 0.253 e. The third-order valence-electron chi connectivity index (χ3n) is 5.09. The zero-order valence-electron chi connectivity index (χ0n) is 15.3. The lowest BCUT2D eigenvalue weighted by molar-refractivity contribution is 0.122. The lowest BCUT2D eigenvalue weighted by Gasteiger charge is -2.28. The number of fused-ring (bicyclic) bond motifs is 2. The Labute approximate surface area is 161 Å². The van der Waals surface area contributed by atoms with Gasteiger partial charge in [-0.2, -0.15) is 0 Å². The summed E-state index contributed by atoms with van der Waals surface area (Å²) >= 11 is 0. The molecule has 0 atom stereocenters. The number of hydrogen-bond acceptors (Lipinski definition) is 6. The minimum absolute atomic E-state index is 0.187. The van der Waals surface area contributed by atoms with E-state index in [1.807, 2.05) is 36.4 Å². The van der Waals surface area contributed by atoms with Crippen LogP contribution in [-0.2, 0) is 11.2 Å². The number of aromatic amines is 1. The molecule has 142 valence electrons. The summed E-state index contributed by atoms with van der Waals surface area (Å²) in [5.41, 5.74) is 9.29. The molecule has 2 aliphatic heterocycles. The molecular formula is C21H20N4O3. The molecule has 3 aromatic rings. The Balaban J connectivity index is 1.57. The monoisotopic (exact) mass is 376 g/mol. The lowest BCUT2D eigenvalue weighted by Crippen LogP contribution is -2.37. The number of nitrogen functional groups attached to an aromatic ring is 1. The molecule has 0 unspecified atom stereocenters. The maximum atomic E-state index is 12.3. The third kappa shape index (κ3) is 2.99. The number of anilines is 2. The van der Waals surface area contributed by atoms with Gasteiger partial charge in [-0.15, -0.1) is 0 Å². The summed E-state index contributed by atoms with van der Waals surface area (Å²) in [6, 6.07) is 13.1. The number of nitrogens with zero attached hydrogens (tertiary/aromatic N) is 2. The number of morpholine rings is 1. The van der Waals surface area contributed by atoms with Crippen molar-refractivity contribution >= 4 is 11.5 Å². The van der Waals surface area contributed by atoms with E-state index < -0.39 is 0 Å². The molecule has 0 radical (unpaired) electrons. The van der Waals surface area contributed by atoms with Gasteiger partial charge in [0.15, 0.2) is 0 Å².